The van der Waals surface area contributed by atoms with Crippen LogP contribution in [0.2, 0.25) is 0 Å². The first-order valence-electron chi connectivity index (χ1n) is 9.47. The van der Waals surface area contributed by atoms with E-state index in [2.05, 4.69) is 31.8 Å². The lowest BCUT2D eigenvalue weighted by molar-refractivity contribution is -0.139. The summed E-state index contributed by atoms with van der Waals surface area (Å²) < 4.78 is 5.20. The van der Waals surface area contributed by atoms with Gasteiger partial charge in [-0.3, -0.25) is 4.79 Å². The summed E-state index contributed by atoms with van der Waals surface area (Å²) in [7, 11) is 0. The Bertz CT molecular complexity index is 772. The minimum atomic E-state index is 0.332. The van der Waals surface area contributed by atoms with Crippen LogP contribution in [0.3, 0.4) is 0 Å². The second kappa shape index (κ2) is 7.05. The fourth-order valence-electron chi connectivity index (χ4n) is 4.20. The van der Waals surface area contributed by atoms with E-state index in [1.165, 1.54) is 0 Å². The van der Waals surface area contributed by atoms with Gasteiger partial charge in [0.25, 0.3) is 5.89 Å². The molecule has 0 aliphatic carbocycles. The average molecular weight is 355 g/mol. The molecule has 2 atom stereocenters. The molecule has 4 rings (SSSR count). The van der Waals surface area contributed by atoms with Gasteiger partial charge in [0, 0.05) is 38.3 Å². The highest BCUT2D eigenvalue weighted by Crippen LogP contribution is 2.33. The third kappa shape index (κ3) is 3.18. The van der Waals surface area contributed by atoms with Gasteiger partial charge in [-0.15, -0.1) is 0 Å². The van der Waals surface area contributed by atoms with Crippen molar-refractivity contribution >= 4 is 11.7 Å². The highest BCUT2D eigenvalue weighted by molar-refractivity contribution is 5.77. The minimum absolute atomic E-state index is 0.332. The lowest BCUT2D eigenvalue weighted by atomic mass is 9.83. The number of aryl methyl sites for hydroxylation is 1. The fraction of sp³-hybridized carbons (Fsp3) is 0.579. The molecule has 0 unspecified atom stereocenters. The summed E-state index contributed by atoms with van der Waals surface area (Å²) in [5.41, 5.74) is 0.835. The lowest BCUT2D eigenvalue weighted by Gasteiger charge is -2.47. The van der Waals surface area contributed by atoms with Crippen molar-refractivity contribution in [3.8, 4) is 11.5 Å². The molecule has 2 aliphatic rings. The van der Waals surface area contributed by atoms with Crippen LogP contribution in [0.1, 0.15) is 38.4 Å². The zero-order valence-corrected chi connectivity index (χ0v) is 15.4. The van der Waals surface area contributed by atoms with Gasteiger partial charge in [0.1, 0.15) is 5.82 Å². The van der Waals surface area contributed by atoms with E-state index in [9.17, 15) is 4.79 Å². The summed E-state index contributed by atoms with van der Waals surface area (Å²) >= 11 is 0. The Kier molecular flexibility index (Phi) is 4.61. The van der Waals surface area contributed by atoms with Gasteiger partial charge in [0.15, 0.2) is 5.82 Å². The number of nitrogens with zero attached hydrogens (tertiary/aromatic N) is 5. The summed E-state index contributed by atoms with van der Waals surface area (Å²) in [6.07, 6.45) is 5.50. The van der Waals surface area contributed by atoms with Crippen molar-refractivity contribution in [3.63, 3.8) is 0 Å². The Hall–Kier alpha value is -2.44. The van der Waals surface area contributed by atoms with Crippen LogP contribution in [0.25, 0.3) is 11.5 Å². The predicted octanol–water partition coefficient (Wildman–Crippen LogP) is 2.67. The maximum absolute atomic E-state index is 12.2. The van der Waals surface area contributed by atoms with Crippen molar-refractivity contribution in [2.75, 3.05) is 24.5 Å². The molecule has 0 radical (unpaired) electrons. The lowest BCUT2D eigenvalue weighted by Crippen LogP contribution is -2.56. The van der Waals surface area contributed by atoms with E-state index < -0.39 is 0 Å². The predicted molar refractivity (Wildman–Crippen MR) is 97.6 cm³/mol. The Balaban J connectivity index is 1.46. The first-order valence-corrected chi connectivity index (χ1v) is 9.47. The smallest absolute Gasteiger partial charge is 0.259 e. The molecule has 0 aromatic carbocycles. The number of rotatable bonds is 4. The Morgan fingerprint density at radius 3 is 2.88 bits per heavy atom. The number of fused-ring (bicyclic) bond motifs is 1. The molecule has 2 aromatic heterocycles. The highest BCUT2D eigenvalue weighted by atomic mass is 16.5. The van der Waals surface area contributed by atoms with E-state index in [0.717, 1.165) is 50.3 Å². The first-order chi connectivity index (χ1) is 12.7. The second-order valence-corrected chi connectivity index (χ2v) is 7.24. The molecule has 2 fully saturated rings. The van der Waals surface area contributed by atoms with Gasteiger partial charge in [0.05, 0.1) is 5.56 Å². The van der Waals surface area contributed by atoms with Crippen LogP contribution >= 0.6 is 0 Å². The SMILES string of the molecule is CCCN1C(=O)CC[C@H]2CN(c3ccc(-c4nc(C)no4)cn3)CC[C@H]21. The molecule has 7 heteroatoms. The maximum atomic E-state index is 12.2. The van der Waals surface area contributed by atoms with Crippen molar-refractivity contribution in [2.45, 2.75) is 45.6 Å². The monoisotopic (exact) mass is 355 g/mol. The molecular formula is C19H25N5O2. The van der Waals surface area contributed by atoms with Crippen LogP contribution in [0.4, 0.5) is 5.82 Å². The zero-order chi connectivity index (χ0) is 18.1. The van der Waals surface area contributed by atoms with Gasteiger partial charge in [-0.05, 0) is 44.2 Å². The van der Waals surface area contributed by atoms with Crippen molar-refractivity contribution in [1.29, 1.82) is 0 Å². The summed E-state index contributed by atoms with van der Waals surface area (Å²) in [6, 6.07) is 4.40. The number of anilines is 1. The number of likely N-dealkylation sites (tertiary alicyclic amines) is 1. The number of piperidine rings is 2. The number of carbonyl (C=O) groups is 1. The van der Waals surface area contributed by atoms with E-state index in [0.29, 0.717) is 36.0 Å². The molecule has 2 aliphatic heterocycles. The molecule has 0 N–H and O–H groups in total. The number of pyridine rings is 1. The van der Waals surface area contributed by atoms with Crippen LogP contribution in [0.15, 0.2) is 22.9 Å². The summed E-state index contributed by atoms with van der Waals surface area (Å²) in [5.74, 6) is 2.96. The second-order valence-electron chi connectivity index (χ2n) is 7.24. The first kappa shape index (κ1) is 17.0. The molecule has 7 nitrogen and oxygen atoms in total. The normalized spacial score (nSPS) is 23.2. The summed E-state index contributed by atoms with van der Waals surface area (Å²) in [4.78, 5) is 25.6. The van der Waals surface area contributed by atoms with Gasteiger partial charge < -0.3 is 14.3 Å². The third-order valence-electron chi connectivity index (χ3n) is 5.45. The molecule has 138 valence electrons. The quantitative estimate of drug-likeness (QED) is 0.839. The molecule has 1 amide bonds. The highest BCUT2D eigenvalue weighted by Gasteiger charge is 2.39. The van der Waals surface area contributed by atoms with Crippen molar-refractivity contribution in [3.05, 3.63) is 24.2 Å². The molecule has 0 saturated carbocycles. The van der Waals surface area contributed by atoms with Crippen LogP contribution < -0.4 is 4.90 Å². The van der Waals surface area contributed by atoms with E-state index in [4.69, 9.17) is 4.52 Å². The van der Waals surface area contributed by atoms with Gasteiger partial charge >= 0.3 is 0 Å². The minimum Gasteiger partial charge on any atom is -0.356 e. The van der Waals surface area contributed by atoms with Gasteiger partial charge in [-0.25, -0.2) is 4.98 Å². The fourth-order valence-corrected chi connectivity index (χ4v) is 4.20. The van der Waals surface area contributed by atoms with Gasteiger partial charge in [0.2, 0.25) is 5.91 Å². The van der Waals surface area contributed by atoms with E-state index in [1.807, 2.05) is 12.1 Å². The molecule has 0 bridgehead atoms. The summed E-state index contributed by atoms with van der Waals surface area (Å²) in [5, 5.41) is 3.82. The van der Waals surface area contributed by atoms with Crippen LogP contribution in [0, 0.1) is 12.8 Å². The van der Waals surface area contributed by atoms with Gasteiger partial charge in [-0.1, -0.05) is 12.1 Å². The number of amides is 1. The third-order valence-corrected chi connectivity index (χ3v) is 5.45. The molecular weight excluding hydrogens is 330 g/mol. The number of aromatic nitrogens is 3. The molecule has 4 heterocycles. The number of carbonyl (C=O) groups excluding carboxylic acids is 1. The van der Waals surface area contributed by atoms with E-state index >= 15 is 0 Å². The van der Waals surface area contributed by atoms with Crippen LogP contribution in [-0.4, -0.2) is 51.6 Å². The van der Waals surface area contributed by atoms with Crippen LogP contribution in [0.5, 0.6) is 0 Å². The molecule has 0 spiro atoms. The molecule has 2 saturated heterocycles. The standard InChI is InChI=1S/C19H25N5O2/c1-3-9-24-16-8-10-23(12-15(16)5-7-18(24)25)17-6-4-14(11-20-17)19-21-13(2)22-26-19/h4,6,11,15-16H,3,5,7-10,12H2,1-2H3/t15-,16+/m0/s1. The Morgan fingerprint density at radius 1 is 1.31 bits per heavy atom. The van der Waals surface area contributed by atoms with Crippen LogP contribution in [-0.2, 0) is 4.79 Å². The Morgan fingerprint density at radius 2 is 2.19 bits per heavy atom. The van der Waals surface area contributed by atoms with E-state index in [-0.39, 0.29) is 0 Å². The number of hydrogen-bond donors (Lipinski definition) is 0. The van der Waals surface area contributed by atoms with Crippen molar-refractivity contribution in [2.24, 2.45) is 5.92 Å². The topological polar surface area (TPSA) is 75.4 Å². The average Bonchev–Trinajstić information content (AvgIpc) is 3.10. The zero-order valence-electron chi connectivity index (χ0n) is 15.4. The maximum Gasteiger partial charge on any atom is 0.259 e. The van der Waals surface area contributed by atoms with Crippen molar-refractivity contribution < 1.29 is 9.32 Å². The Labute approximate surface area is 153 Å². The molecule has 26 heavy (non-hydrogen) atoms. The summed E-state index contributed by atoms with van der Waals surface area (Å²) in [6.45, 7) is 6.72. The molecule has 2 aromatic rings. The largest absolute Gasteiger partial charge is 0.356 e. The van der Waals surface area contributed by atoms with E-state index in [1.54, 1.807) is 13.1 Å². The number of hydrogen-bond acceptors (Lipinski definition) is 6. The van der Waals surface area contributed by atoms with Crippen molar-refractivity contribution in [1.82, 2.24) is 20.0 Å². The van der Waals surface area contributed by atoms with Gasteiger partial charge in [-0.2, -0.15) is 4.98 Å².